The summed E-state index contributed by atoms with van der Waals surface area (Å²) in [6.07, 6.45) is 4.01. The molecule has 64 heavy (non-hydrogen) atoms. The van der Waals surface area contributed by atoms with Gasteiger partial charge in [0.05, 0.1) is 0 Å². The number of hydrogen-bond acceptors (Lipinski definition) is 2. The Hall–Kier alpha value is -7.94. The number of rotatable bonds is 4. The first-order chi connectivity index (χ1) is 31.7. The molecule has 0 saturated carbocycles. The average Bonchev–Trinajstić information content (AvgIpc) is 3.63. The maximum atomic E-state index is 2.52. The van der Waals surface area contributed by atoms with Gasteiger partial charge in [0.25, 0.3) is 0 Å². The molecular formula is C62H44N2. The second-order valence-corrected chi connectivity index (χ2v) is 17.5. The Kier molecular flexibility index (Phi) is 8.52. The van der Waals surface area contributed by atoms with Gasteiger partial charge in [-0.3, -0.25) is 0 Å². The molecule has 2 heteroatoms. The zero-order valence-corrected chi connectivity index (χ0v) is 35.5. The Morgan fingerprint density at radius 2 is 0.703 bits per heavy atom. The molecule has 2 heterocycles. The first-order valence-corrected chi connectivity index (χ1v) is 22.7. The van der Waals surface area contributed by atoms with Crippen LogP contribution in [0.2, 0.25) is 0 Å². The lowest BCUT2D eigenvalue weighted by Gasteiger charge is -2.29. The van der Waals surface area contributed by atoms with Crippen molar-refractivity contribution in [2.75, 3.05) is 9.80 Å². The fraction of sp³-hybridized carbons (Fsp3) is 0.0645. The van der Waals surface area contributed by atoms with Crippen molar-refractivity contribution in [3.8, 4) is 22.3 Å². The van der Waals surface area contributed by atoms with Gasteiger partial charge in [-0.05, 0) is 168 Å². The van der Waals surface area contributed by atoms with E-state index in [0.717, 1.165) is 37.1 Å². The van der Waals surface area contributed by atoms with E-state index in [9.17, 15) is 0 Å². The molecule has 0 unspecified atom stereocenters. The van der Waals surface area contributed by atoms with Crippen LogP contribution in [0, 0.1) is 0 Å². The van der Waals surface area contributed by atoms with E-state index in [4.69, 9.17) is 0 Å². The first kappa shape index (κ1) is 36.7. The Labute approximate surface area is 373 Å². The number of benzene rings is 11. The third-order valence-electron chi connectivity index (χ3n) is 14.0. The van der Waals surface area contributed by atoms with Crippen LogP contribution < -0.4 is 9.80 Å². The molecule has 0 aliphatic carbocycles. The Balaban J connectivity index is 1.17. The normalized spacial score (nSPS) is 13.3. The van der Waals surface area contributed by atoms with E-state index in [1.807, 2.05) is 0 Å². The summed E-state index contributed by atoms with van der Waals surface area (Å²) in [4.78, 5) is 5.03. The van der Waals surface area contributed by atoms with Gasteiger partial charge in [-0.1, -0.05) is 164 Å². The number of hydrogen-bond donors (Lipinski definition) is 0. The van der Waals surface area contributed by atoms with E-state index in [-0.39, 0.29) is 0 Å². The summed E-state index contributed by atoms with van der Waals surface area (Å²) in [5.41, 5.74) is 17.7. The minimum atomic E-state index is 1.00. The van der Waals surface area contributed by atoms with E-state index in [1.54, 1.807) is 0 Å². The van der Waals surface area contributed by atoms with Crippen LogP contribution in [0.3, 0.4) is 0 Å². The molecular weight excluding hydrogens is 773 g/mol. The Morgan fingerprint density at radius 3 is 1.27 bits per heavy atom. The quantitative estimate of drug-likeness (QED) is 0.163. The standard InChI is InChI=1S/C62H44N2/c1-2-20-47-38-48(33-28-41(47)14-1)61-53-36-34-50(64-59-26-11-6-18-45(59)31-32-46-19-7-12-27-60(46)64)40-56(53)62(52-23-13-21-42-15-3-8-22-51(42)52)54-37-35-49(39-55(54)61)63-57-24-9-4-16-43(57)29-30-44-17-5-10-25-58(44)63/h1-28,33-40H,29-32H2. The number of para-hydroxylation sites is 4. The average molecular weight is 817 g/mol. The zero-order chi connectivity index (χ0) is 42.1. The molecule has 0 radical (unpaired) electrons. The molecule has 13 rings (SSSR count). The van der Waals surface area contributed by atoms with Crippen LogP contribution in [-0.4, -0.2) is 0 Å². The SMILES string of the molecule is c1ccc2c(c1)CCc1ccccc1N2c1ccc2c(-c3cccc4ccccc34)c3cc(N4c5ccccc5CCc5ccccc54)ccc3c(-c3ccc4ccccc4c3)c2c1. The van der Waals surface area contributed by atoms with Crippen LogP contribution in [0.4, 0.5) is 34.1 Å². The molecule has 0 N–H and O–H groups in total. The van der Waals surface area contributed by atoms with Crippen molar-refractivity contribution in [1.82, 2.24) is 0 Å². The maximum Gasteiger partial charge on any atom is 0.0493 e. The molecule has 11 aromatic carbocycles. The fourth-order valence-corrected chi connectivity index (χ4v) is 11.0. The lowest BCUT2D eigenvalue weighted by Crippen LogP contribution is -2.12. The van der Waals surface area contributed by atoms with Crippen molar-refractivity contribution in [1.29, 1.82) is 0 Å². The fourth-order valence-electron chi connectivity index (χ4n) is 11.0. The highest BCUT2D eigenvalue weighted by Crippen LogP contribution is 2.51. The largest absolute Gasteiger partial charge is 0.310 e. The van der Waals surface area contributed by atoms with Crippen LogP contribution >= 0.6 is 0 Å². The Morgan fingerprint density at radius 1 is 0.266 bits per heavy atom. The van der Waals surface area contributed by atoms with Gasteiger partial charge in [0.1, 0.15) is 0 Å². The molecule has 0 atom stereocenters. The minimum Gasteiger partial charge on any atom is -0.310 e. The van der Waals surface area contributed by atoms with E-state index in [0.29, 0.717) is 0 Å². The van der Waals surface area contributed by atoms with Gasteiger partial charge in [0.2, 0.25) is 0 Å². The van der Waals surface area contributed by atoms with Crippen molar-refractivity contribution in [2.24, 2.45) is 0 Å². The number of fused-ring (bicyclic) bond motifs is 8. The van der Waals surface area contributed by atoms with Crippen molar-refractivity contribution in [2.45, 2.75) is 25.7 Å². The Bertz CT molecular complexity index is 3550. The molecule has 0 amide bonds. The van der Waals surface area contributed by atoms with Crippen LogP contribution in [0.25, 0.3) is 65.3 Å². The molecule has 2 aliphatic heterocycles. The minimum absolute atomic E-state index is 1.00. The van der Waals surface area contributed by atoms with E-state index in [1.165, 1.54) is 110 Å². The number of anilines is 6. The predicted octanol–water partition coefficient (Wildman–Crippen LogP) is 16.8. The lowest BCUT2D eigenvalue weighted by atomic mass is 9.84. The molecule has 11 aromatic rings. The summed E-state index contributed by atoms with van der Waals surface area (Å²) < 4.78 is 0. The van der Waals surface area contributed by atoms with Crippen LogP contribution in [0.5, 0.6) is 0 Å². The molecule has 0 bridgehead atoms. The first-order valence-electron chi connectivity index (χ1n) is 22.7. The van der Waals surface area contributed by atoms with Gasteiger partial charge in [-0.2, -0.15) is 0 Å². The summed E-state index contributed by atoms with van der Waals surface area (Å²) >= 11 is 0. The molecule has 302 valence electrons. The van der Waals surface area contributed by atoms with Crippen LogP contribution in [-0.2, 0) is 25.7 Å². The second kappa shape index (κ2) is 14.9. The van der Waals surface area contributed by atoms with Gasteiger partial charge >= 0.3 is 0 Å². The third-order valence-corrected chi connectivity index (χ3v) is 14.0. The van der Waals surface area contributed by atoms with E-state index in [2.05, 4.69) is 228 Å². The number of nitrogens with zero attached hydrogens (tertiary/aromatic N) is 2. The summed E-state index contributed by atoms with van der Waals surface area (Å²) in [6, 6.07) is 82.0. The smallest absolute Gasteiger partial charge is 0.0493 e. The van der Waals surface area contributed by atoms with Crippen molar-refractivity contribution < 1.29 is 0 Å². The highest BCUT2D eigenvalue weighted by molar-refractivity contribution is 6.25. The summed E-state index contributed by atoms with van der Waals surface area (Å²) in [5, 5.41) is 9.91. The molecule has 2 nitrogen and oxygen atoms in total. The monoisotopic (exact) mass is 816 g/mol. The van der Waals surface area contributed by atoms with E-state index >= 15 is 0 Å². The molecule has 0 saturated heterocycles. The van der Waals surface area contributed by atoms with Crippen molar-refractivity contribution in [3.63, 3.8) is 0 Å². The molecule has 0 aromatic heterocycles. The van der Waals surface area contributed by atoms with Crippen LogP contribution in [0.15, 0.2) is 218 Å². The molecule has 2 aliphatic rings. The van der Waals surface area contributed by atoms with Crippen LogP contribution in [0.1, 0.15) is 22.3 Å². The van der Waals surface area contributed by atoms with Gasteiger partial charge < -0.3 is 9.80 Å². The summed E-state index contributed by atoms with van der Waals surface area (Å²) in [7, 11) is 0. The summed E-state index contributed by atoms with van der Waals surface area (Å²) in [5.74, 6) is 0. The van der Waals surface area contributed by atoms with Crippen molar-refractivity contribution >= 4 is 77.2 Å². The lowest BCUT2D eigenvalue weighted by molar-refractivity contribution is 0.977. The molecule has 0 fully saturated rings. The van der Waals surface area contributed by atoms with Crippen molar-refractivity contribution in [3.05, 3.63) is 241 Å². The topological polar surface area (TPSA) is 6.48 Å². The van der Waals surface area contributed by atoms with Gasteiger partial charge in [0, 0.05) is 34.1 Å². The highest BCUT2D eigenvalue weighted by atomic mass is 15.2. The second-order valence-electron chi connectivity index (χ2n) is 17.5. The van der Waals surface area contributed by atoms with Gasteiger partial charge in [-0.25, -0.2) is 0 Å². The highest BCUT2D eigenvalue weighted by Gasteiger charge is 2.27. The predicted molar refractivity (Wildman–Crippen MR) is 272 cm³/mol. The summed E-state index contributed by atoms with van der Waals surface area (Å²) in [6.45, 7) is 0. The maximum absolute atomic E-state index is 2.52. The van der Waals surface area contributed by atoms with E-state index < -0.39 is 0 Å². The van der Waals surface area contributed by atoms with Gasteiger partial charge in [0.15, 0.2) is 0 Å². The van der Waals surface area contributed by atoms with Gasteiger partial charge in [-0.15, -0.1) is 0 Å². The zero-order valence-electron chi connectivity index (χ0n) is 35.5. The molecule has 0 spiro atoms. The third kappa shape index (κ3) is 5.87. The number of aryl methyl sites for hydroxylation is 4.